The van der Waals surface area contributed by atoms with E-state index in [0.29, 0.717) is 0 Å². The van der Waals surface area contributed by atoms with E-state index in [1.165, 1.54) is 0 Å². The molecule has 0 fully saturated rings. The van der Waals surface area contributed by atoms with Crippen molar-refractivity contribution >= 4 is 45.8 Å². The van der Waals surface area contributed by atoms with Gasteiger partial charge in [0.15, 0.2) is 23.0 Å². The fraction of sp³-hybridized carbons (Fsp3) is 0. The number of hydrogen-bond acceptors (Lipinski definition) is 4. The molecule has 0 saturated heterocycles. The van der Waals surface area contributed by atoms with Crippen LogP contribution in [-0.2, 0) is 0 Å². The molecule has 0 amide bonds. The van der Waals surface area contributed by atoms with Crippen molar-refractivity contribution in [2.24, 2.45) is 0 Å². The number of rotatable bonds is 0. The Morgan fingerprint density at radius 1 is 0.321 bits per heavy atom. The summed E-state index contributed by atoms with van der Waals surface area (Å²) >= 11 is 0. The third kappa shape index (κ3) is 2.55. The number of hydrogen-bond donors (Lipinski definition) is 4. The zero-order chi connectivity index (χ0) is 19.4. The van der Waals surface area contributed by atoms with Gasteiger partial charge in [-0.05, 0) is 92.3 Å². The molecule has 0 unspecified atom stereocenters. The zero-order valence-corrected chi connectivity index (χ0v) is 14.7. The van der Waals surface area contributed by atoms with Gasteiger partial charge >= 0.3 is 0 Å². The van der Waals surface area contributed by atoms with E-state index in [2.05, 4.69) is 0 Å². The maximum Gasteiger partial charge on any atom is 0.158 e. The van der Waals surface area contributed by atoms with Crippen LogP contribution in [0, 0.1) is 0 Å². The molecule has 0 bridgehead atoms. The van der Waals surface area contributed by atoms with Crippen molar-refractivity contribution in [3.05, 3.63) is 70.8 Å². The highest BCUT2D eigenvalue weighted by Crippen LogP contribution is 2.36. The molecule has 1 aliphatic rings. The molecule has 28 heavy (non-hydrogen) atoms. The van der Waals surface area contributed by atoms with Crippen LogP contribution < -0.4 is 0 Å². The molecule has 4 nitrogen and oxygen atoms in total. The molecule has 0 spiro atoms. The van der Waals surface area contributed by atoms with Gasteiger partial charge < -0.3 is 20.4 Å². The van der Waals surface area contributed by atoms with Crippen LogP contribution in [0.1, 0.15) is 22.3 Å². The van der Waals surface area contributed by atoms with Gasteiger partial charge in [-0.15, -0.1) is 0 Å². The van der Waals surface area contributed by atoms with Gasteiger partial charge in [-0.2, -0.15) is 0 Å². The van der Waals surface area contributed by atoms with Gasteiger partial charge in [0.2, 0.25) is 0 Å². The second-order valence-corrected chi connectivity index (χ2v) is 7.01. The summed E-state index contributed by atoms with van der Waals surface area (Å²) in [5.41, 5.74) is 3.97. The molecular weight excluding hydrogens is 352 g/mol. The molecule has 0 aliphatic heterocycles. The van der Waals surface area contributed by atoms with E-state index in [1.807, 2.05) is 48.6 Å². The van der Waals surface area contributed by atoms with Crippen LogP contribution >= 0.6 is 0 Å². The van der Waals surface area contributed by atoms with E-state index in [1.54, 1.807) is 24.3 Å². The lowest BCUT2D eigenvalue weighted by atomic mass is 9.93. The summed E-state index contributed by atoms with van der Waals surface area (Å²) in [7, 11) is 0. The Hall–Kier alpha value is -3.92. The van der Waals surface area contributed by atoms with Crippen molar-refractivity contribution in [3.8, 4) is 23.0 Å². The third-order valence-corrected chi connectivity index (χ3v) is 5.16. The molecular formula is C24H16O4. The quantitative estimate of drug-likeness (QED) is 0.273. The molecule has 0 aromatic heterocycles. The minimum atomic E-state index is -0.141. The smallest absolute Gasteiger partial charge is 0.158 e. The van der Waals surface area contributed by atoms with Crippen LogP contribution in [-0.4, -0.2) is 20.4 Å². The first-order chi connectivity index (χ1) is 13.5. The summed E-state index contributed by atoms with van der Waals surface area (Å²) in [4.78, 5) is 0. The predicted octanol–water partition coefficient (Wildman–Crippen LogP) is 5.47. The molecule has 0 heterocycles. The molecule has 136 valence electrons. The first-order valence-electron chi connectivity index (χ1n) is 8.83. The van der Waals surface area contributed by atoms with Gasteiger partial charge in [0, 0.05) is 0 Å². The zero-order valence-electron chi connectivity index (χ0n) is 14.7. The van der Waals surface area contributed by atoms with Crippen LogP contribution in [0.15, 0.2) is 48.5 Å². The largest absolute Gasteiger partial charge is 0.504 e. The highest BCUT2D eigenvalue weighted by Gasteiger charge is 2.10. The van der Waals surface area contributed by atoms with Gasteiger partial charge in [-0.25, -0.2) is 0 Å². The molecule has 0 atom stereocenters. The number of aromatic hydroxyl groups is 4. The minimum Gasteiger partial charge on any atom is -0.504 e. The SMILES string of the molecule is Oc1cc2cc3c(cc2cc1O)/C=C\c1cc2cc(O)c(O)cc2cc1/C=C\3. The average molecular weight is 368 g/mol. The standard InChI is InChI=1S/C24H16O4/c25-21-9-17-5-13-1-2-14-6-18-10-22(26)24(28)12-20(18)8-16(14)4-3-15(13)7-19(17)11-23(21)27/h1-12,25-28H/b2-1-,4-3-,13-1?,14-2?,15-3?,16-4?. The summed E-state index contributed by atoms with van der Waals surface area (Å²) < 4.78 is 0. The topological polar surface area (TPSA) is 80.9 Å². The molecule has 4 aromatic rings. The van der Waals surface area contributed by atoms with Crippen molar-refractivity contribution in [2.45, 2.75) is 0 Å². The molecule has 0 radical (unpaired) electrons. The monoisotopic (exact) mass is 368 g/mol. The lowest BCUT2D eigenvalue weighted by Gasteiger charge is -2.12. The fourth-order valence-electron chi connectivity index (χ4n) is 3.66. The van der Waals surface area contributed by atoms with E-state index in [-0.39, 0.29) is 23.0 Å². The third-order valence-electron chi connectivity index (χ3n) is 5.16. The Bertz CT molecular complexity index is 1140. The molecule has 4 aromatic carbocycles. The highest BCUT2D eigenvalue weighted by molar-refractivity contribution is 5.98. The normalized spacial score (nSPS) is 14.9. The first kappa shape index (κ1) is 16.3. The van der Waals surface area contributed by atoms with Gasteiger partial charge in [-0.1, -0.05) is 24.3 Å². The number of phenolic OH excluding ortho intramolecular Hbond substituents is 4. The second kappa shape index (κ2) is 5.79. The number of phenols is 4. The minimum absolute atomic E-state index is 0.141. The van der Waals surface area contributed by atoms with E-state index < -0.39 is 0 Å². The summed E-state index contributed by atoms with van der Waals surface area (Å²) in [6.45, 7) is 0. The Balaban J connectivity index is 1.70. The summed E-state index contributed by atoms with van der Waals surface area (Å²) in [5, 5.41) is 42.5. The summed E-state index contributed by atoms with van der Waals surface area (Å²) in [6.07, 6.45) is 8.03. The van der Waals surface area contributed by atoms with E-state index in [9.17, 15) is 20.4 Å². The second-order valence-electron chi connectivity index (χ2n) is 7.01. The number of fused-ring (bicyclic) bond motifs is 4. The molecule has 5 rings (SSSR count). The Morgan fingerprint density at radius 2 is 0.536 bits per heavy atom. The molecule has 4 N–H and O–H groups in total. The lowest BCUT2D eigenvalue weighted by molar-refractivity contribution is 0.405. The maximum absolute atomic E-state index is 9.77. The Morgan fingerprint density at radius 3 is 0.750 bits per heavy atom. The van der Waals surface area contributed by atoms with Gasteiger partial charge in [0.1, 0.15) is 0 Å². The van der Waals surface area contributed by atoms with Crippen molar-refractivity contribution < 1.29 is 20.4 Å². The van der Waals surface area contributed by atoms with Gasteiger partial charge in [0.25, 0.3) is 0 Å². The van der Waals surface area contributed by atoms with E-state index in [4.69, 9.17) is 0 Å². The summed E-state index contributed by atoms with van der Waals surface area (Å²) in [5.74, 6) is -0.564. The van der Waals surface area contributed by atoms with Crippen LogP contribution in [0.5, 0.6) is 23.0 Å². The number of benzene rings is 4. The van der Waals surface area contributed by atoms with Crippen LogP contribution in [0.3, 0.4) is 0 Å². The van der Waals surface area contributed by atoms with Crippen molar-refractivity contribution in [1.82, 2.24) is 0 Å². The predicted molar refractivity (Wildman–Crippen MR) is 112 cm³/mol. The first-order valence-corrected chi connectivity index (χ1v) is 8.83. The lowest BCUT2D eigenvalue weighted by Crippen LogP contribution is -1.89. The Kier molecular flexibility index (Phi) is 3.36. The van der Waals surface area contributed by atoms with Crippen LogP contribution in [0.2, 0.25) is 0 Å². The maximum atomic E-state index is 9.77. The van der Waals surface area contributed by atoms with Gasteiger partial charge in [0.05, 0.1) is 0 Å². The molecule has 4 heteroatoms. The average Bonchev–Trinajstić information content (AvgIpc) is 2.65. The molecule has 1 aliphatic carbocycles. The summed E-state index contributed by atoms with van der Waals surface area (Å²) in [6, 6.07) is 14.1. The van der Waals surface area contributed by atoms with Crippen molar-refractivity contribution in [1.29, 1.82) is 0 Å². The van der Waals surface area contributed by atoms with Crippen molar-refractivity contribution in [2.75, 3.05) is 0 Å². The van der Waals surface area contributed by atoms with Crippen LogP contribution in [0.25, 0.3) is 45.8 Å². The van der Waals surface area contributed by atoms with E-state index in [0.717, 1.165) is 43.8 Å². The fourth-order valence-corrected chi connectivity index (χ4v) is 3.66. The van der Waals surface area contributed by atoms with Crippen molar-refractivity contribution in [3.63, 3.8) is 0 Å². The highest BCUT2D eigenvalue weighted by atomic mass is 16.3. The van der Waals surface area contributed by atoms with Crippen LogP contribution in [0.4, 0.5) is 0 Å². The van der Waals surface area contributed by atoms with E-state index >= 15 is 0 Å². The molecule has 0 saturated carbocycles. The Labute approximate surface area is 160 Å². The van der Waals surface area contributed by atoms with Gasteiger partial charge in [-0.3, -0.25) is 0 Å².